The number of rotatable bonds is 5. The normalized spacial score (nSPS) is 15.4. The lowest BCUT2D eigenvalue weighted by Crippen LogP contribution is -2.22. The maximum atomic E-state index is 3.61. The van der Waals surface area contributed by atoms with Crippen molar-refractivity contribution in [2.45, 2.75) is 38.6 Å². The molecule has 0 radical (unpaired) electrons. The molecule has 1 aliphatic rings. The first-order valence-electron chi connectivity index (χ1n) is 7.23. The highest BCUT2D eigenvalue weighted by Gasteiger charge is 2.14. The Bertz CT molecular complexity index is 530. The summed E-state index contributed by atoms with van der Waals surface area (Å²) in [6.45, 7) is 3.20. The predicted octanol–water partition coefficient (Wildman–Crippen LogP) is 4.13. The Morgan fingerprint density at radius 1 is 1.21 bits per heavy atom. The summed E-state index contributed by atoms with van der Waals surface area (Å²) < 4.78 is 0. The van der Waals surface area contributed by atoms with Crippen molar-refractivity contribution in [3.8, 4) is 0 Å². The molecule has 1 heterocycles. The monoisotopic (exact) mass is 271 g/mol. The van der Waals surface area contributed by atoms with Gasteiger partial charge in [-0.2, -0.15) is 11.3 Å². The first-order chi connectivity index (χ1) is 9.36. The van der Waals surface area contributed by atoms with Gasteiger partial charge in [-0.15, -0.1) is 0 Å². The van der Waals surface area contributed by atoms with Crippen LogP contribution in [0.3, 0.4) is 0 Å². The third kappa shape index (κ3) is 2.90. The summed E-state index contributed by atoms with van der Waals surface area (Å²) in [5.74, 6) is 0. The van der Waals surface area contributed by atoms with E-state index in [1.807, 2.05) is 0 Å². The van der Waals surface area contributed by atoms with Crippen molar-refractivity contribution in [3.63, 3.8) is 0 Å². The molecule has 0 saturated heterocycles. The molecule has 1 N–H and O–H groups in total. The van der Waals surface area contributed by atoms with E-state index in [9.17, 15) is 0 Å². The van der Waals surface area contributed by atoms with Crippen LogP contribution in [0.15, 0.2) is 35.0 Å². The van der Waals surface area contributed by atoms with Gasteiger partial charge in [-0.3, -0.25) is 0 Å². The van der Waals surface area contributed by atoms with Crippen molar-refractivity contribution in [2.24, 2.45) is 0 Å². The largest absolute Gasteiger partial charge is 0.310 e. The van der Waals surface area contributed by atoms with Crippen molar-refractivity contribution >= 4 is 11.3 Å². The maximum Gasteiger partial charge on any atom is 0.0369 e. The van der Waals surface area contributed by atoms with Gasteiger partial charge in [0, 0.05) is 6.04 Å². The number of fused-ring (bicyclic) bond motifs is 1. The molecule has 1 aromatic carbocycles. The second-order valence-electron chi connectivity index (χ2n) is 5.33. The van der Waals surface area contributed by atoms with Gasteiger partial charge in [0.15, 0.2) is 0 Å². The lowest BCUT2D eigenvalue weighted by Gasteiger charge is -2.17. The molecular weight excluding hydrogens is 250 g/mol. The predicted molar refractivity (Wildman–Crippen MR) is 82.9 cm³/mol. The summed E-state index contributed by atoms with van der Waals surface area (Å²) >= 11 is 1.78. The van der Waals surface area contributed by atoms with Gasteiger partial charge in [-0.05, 0) is 71.3 Å². The van der Waals surface area contributed by atoms with E-state index in [1.54, 1.807) is 22.5 Å². The topological polar surface area (TPSA) is 12.0 Å². The number of benzene rings is 1. The SMILES string of the molecule is CCNC(Cc1ccc2c(c1)CCC2)c1ccsc1. The van der Waals surface area contributed by atoms with Crippen LogP contribution in [-0.4, -0.2) is 6.54 Å². The van der Waals surface area contributed by atoms with Gasteiger partial charge in [0.1, 0.15) is 0 Å². The second-order valence-corrected chi connectivity index (χ2v) is 6.11. The fourth-order valence-electron chi connectivity index (χ4n) is 3.02. The molecule has 19 heavy (non-hydrogen) atoms. The highest BCUT2D eigenvalue weighted by molar-refractivity contribution is 7.07. The van der Waals surface area contributed by atoms with Crippen LogP contribution in [0.4, 0.5) is 0 Å². The van der Waals surface area contributed by atoms with Crippen LogP contribution >= 0.6 is 11.3 Å². The molecule has 0 saturated carbocycles. The molecule has 0 spiro atoms. The summed E-state index contributed by atoms with van der Waals surface area (Å²) in [6.07, 6.45) is 4.97. The Kier molecular flexibility index (Phi) is 4.00. The van der Waals surface area contributed by atoms with E-state index in [2.05, 4.69) is 47.3 Å². The number of likely N-dealkylation sites (N-methyl/N-ethyl adjacent to an activating group) is 1. The summed E-state index contributed by atoms with van der Waals surface area (Å²) in [6, 6.07) is 9.79. The summed E-state index contributed by atoms with van der Waals surface area (Å²) in [4.78, 5) is 0. The maximum absolute atomic E-state index is 3.61. The molecular formula is C17H21NS. The van der Waals surface area contributed by atoms with Crippen molar-refractivity contribution in [1.82, 2.24) is 5.32 Å². The van der Waals surface area contributed by atoms with Gasteiger partial charge in [-0.1, -0.05) is 25.1 Å². The number of hydrogen-bond donors (Lipinski definition) is 1. The first kappa shape index (κ1) is 12.9. The molecule has 2 aromatic rings. The van der Waals surface area contributed by atoms with Crippen molar-refractivity contribution in [3.05, 3.63) is 57.3 Å². The number of thiophene rings is 1. The Morgan fingerprint density at radius 3 is 2.89 bits per heavy atom. The number of nitrogens with one attached hydrogen (secondary N) is 1. The van der Waals surface area contributed by atoms with Gasteiger partial charge < -0.3 is 5.32 Å². The highest BCUT2D eigenvalue weighted by Crippen LogP contribution is 2.26. The van der Waals surface area contributed by atoms with E-state index in [4.69, 9.17) is 0 Å². The number of hydrogen-bond acceptors (Lipinski definition) is 2. The first-order valence-corrected chi connectivity index (χ1v) is 8.17. The quantitative estimate of drug-likeness (QED) is 0.862. The zero-order chi connectivity index (χ0) is 13.1. The highest BCUT2D eigenvalue weighted by atomic mass is 32.1. The Morgan fingerprint density at radius 2 is 2.11 bits per heavy atom. The smallest absolute Gasteiger partial charge is 0.0369 e. The van der Waals surface area contributed by atoms with Crippen LogP contribution in [0.5, 0.6) is 0 Å². The van der Waals surface area contributed by atoms with Gasteiger partial charge >= 0.3 is 0 Å². The lowest BCUT2D eigenvalue weighted by atomic mass is 9.98. The summed E-state index contributed by atoms with van der Waals surface area (Å²) in [5, 5.41) is 8.04. The van der Waals surface area contributed by atoms with E-state index in [0.717, 1.165) is 13.0 Å². The van der Waals surface area contributed by atoms with Crippen LogP contribution in [0, 0.1) is 0 Å². The fourth-order valence-corrected chi connectivity index (χ4v) is 3.73. The van der Waals surface area contributed by atoms with Crippen molar-refractivity contribution in [2.75, 3.05) is 6.54 Å². The molecule has 0 bridgehead atoms. The third-order valence-corrected chi connectivity index (χ3v) is 4.70. The standard InChI is InChI=1S/C17H21NS/c1-2-18-17(16-8-9-19-12-16)11-13-6-7-14-4-3-5-15(14)10-13/h6-10,12,17-18H,2-5,11H2,1H3. The van der Waals surface area contributed by atoms with Gasteiger partial charge in [0.05, 0.1) is 0 Å². The van der Waals surface area contributed by atoms with E-state index in [-0.39, 0.29) is 0 Å². The molecule has 1 aliphatic carbocycles. The molecule has 1 unspecified atom stereocenters. The van der Waals surface area contributed by atoms with Crippen LogP contribution in [0.1, 0.15) is 41.6 Å². The molecule has 0 amide bonds. The van der Waals surface area contributed by atoms with Crippen LogP contribution in [0.25, 0.3) is 0 Å². The Labute approximate surface area is 119 Å². The van der Waals surface area contributed by atoms with E-state index < -0.39 is 0 Å². The molecule has 100 valence electrons. The minimum atomic E-state index is 0.454. The van der Waals surface area contributed by atoms with Gasteiger partial charge in [0.25, 0.3) is 0 Å². The van der Waals surface area contributed by atoms with E-state index in [0.29, 0.717) is 6.04 Å². The minimum Gasteiger partial charge on any atom is -0.310 e. The molecule has 2 heteroatoms. The summed E-state index contributed by atoms with van der Waals surface area (Å²) in [7, 11) is 0. The van der Waals surface area contributed by atoms with Gasteiger partial charge in [-0.25, -0.2) is 0 Å². The molecule has 1 aromatic heterocycles. The number of aryl methyl sites for hydroxylation is 2. The molecule has 0 fully saturated rings. The molecule has 0 aliphatic heterocycles. The molecule has 3 rings (SSSR count). The Hall–Kier alpha value is -1.12. The van der Waals surface area contributed by atoms with Crippen LogP contribution in [-0.2, 0) is 19.3 Å². The minimum absolute atomic E-state index is 0.454. The summed E-state index contributed by atoms with van der Waals surface area (Å²) in [5.41, 5.74) is 6.04. The van der Waals surface area contributed by atoms with Crippen molar-refractivity contribution in [1.29, 1.82) is 0 Å². The van der Waals surface area contributed by atoms with Crippen molar-refractivity contribution < 1.29 is 0 Å². The average molecular weight is 271 g/mol. The van der Waals surface area contributed by atoms with Crippen LogP contribution < -0.4 is 5.32 Å². The lowest BCUT2D eigenvalue weighted by molar-refractivity contribution is 0.551. The average Bonchev–Trinajstić information content (AvgIpc) is 3.09. The third-order valence-electron chi connectivity index (χ3n) is 4.00. The van der Waals surface area contributed by atoms with Gasteiger partial charge in [0.2, 0.25) is 0 Å². The van der Waals surface area contributed by atoms with Crippen LogP contribution in [0.2, 0.25) is 0 Å². The zero-order valence-corrected chi connectivity index (χ0v) is 12.3. The second kappa shape index (κ2) is 5.89. The fraction of sp³-hybridized carbons (Fsp3) is 0.412. The Balaban J connectivity index is 1.78. The molecule has 1 nitrogen and oxygen atoms in total. The zero-order valence-electron chi connectivity index (χ0n) is 11.5. The molecule has 1 atom stereocenters. The van der Waals surface area contributed by atoms with E-state index >= 15 is 0 Å². The van der Waals surface area contributed by atoms with E-state index in [1.165, 1.54) is 30.4 Å².